The van der Waals surface area contributed by atoms with Gasteiger partial charge in [-0.3, -0.25) is 0 Å². The van der Waals surface area contributed by atoms with Gasteiger partial charge in [0.1, 0.15) is 17.4 Å². The molecule has 0 aliphatic rings. The molecule has 3 rings (SSSR count). The Kier molecular flexibility index (Phi) is 7.51. The van der Waals surface area contributed by atoms with Crippen molar-refractivity contribution in [1.82, 2.24) is 9.29 Å². The molecule has 3 aromatic rings. The van der Waals surface area contributed by atoms with Gasteiger partial charge in [-0.05, 0) is 62.1 Å². The highest BCUT2D eigenvalue weighted by Gasteiger charge is 2.26. The number of aryl methyl sites for hydroxylation is 3. The van der Waals surface area contributed by atoms with E-state index in [1.54, 1.807) is 12.1 Å². The van der Waals surface area contributed by atoms with Crippen molar-refractivity contribution in [1.29, 1.82) is 0 Å². The Morgan fingerprint density at radius 3 is 2.39 bits per heavy atom. The Balaban J connectivity index is 1.72. The Labute approximate surface area is 189 Å². The van der Waals surface area contributed by atoms with Gasteiger partial charge in [-0.15, -0.1) is 11.3 Å². The molecule has 0 saturated heterocycles. The first-order valence-electron chi connectivity index (χ1n) is 10.4. The van der Waals surface area contributed by atoms with Gasteiger partial charge in [0, 0.05) is 11.9 Å². The summed E-state index contributed by atoms with van der Waals surface area (Å²) in [5, 5.41) is 2.74. The molecule has 2 aromatic carbocycles. The summed E-state index contributed by atoms with van der Waals surface area (Å²) in [6.07, 6.45) is 0. The first-order valence-corrected chi connectivity index (χ1v) is 12.7. The second-order valence-corrected chi connectivity index (χ2v) is 11.2. The summed E-state index contributed by atoms with van der Waals surface area (Å²) < 4.78 is 33.9. The van der Waals surface area contributed by atoms with Gasteiger partial charge in [0.25, 0.3) is 0 Å². The van der Waals surface area contributed by atoms with Gasteiger partial charge >= 0.3 is 0 Å². The molecular weight excluding hydrogens is 428 g/mol. The third-order valence-corrected chi connectivity index (χ3v) is 7.70. The minimum Gasteiger partial charge on any atom is -0.486 e. The highest BCUT2D eigenvalue weighted by atomic mass is 32.2. The number of benzene rings is 2. The zero-order chi connectivity index (χ0) is 22.6. The Morgan fingerprint density at radius 2 is 1.74 bits per heavy atom. The standard InChI is InChI=1S/C24H30N2O3S2/c1-17(2)13-26(31(27,28)23-10-6-18(3)7-11-23)14-21-16-30-24(25-21)15-29-22-9-8-19(4)20(5)12-22/h6-12,16-17H,13-15H2,1-5H3. The van der Waals surface area contributed by atoms with E-state index in [1.807, 2.05) is 56.5 Å². The molecule has 0 aliphatic carbocycles. The number of thiazole rings is 1. The third-order valence-electron chi connectivity index (χ3n) is 5.01. The van der Waals surface area contributed by atoms with Crippen molar-refractivity contribution in [2.24, 2.45) is 5.92 Å². The van der Waals surface area contributed by atoms with Crippen LogP contribution in [-0.2, 0) is 23.2 Å². The monoisotopic (exact) mass is 458 g/mol. The highest BCUT2D eigenvalue weighted by Crippen LogP contribution is 2.23. The Morgan fingerprint density at radius 1 is 1.03 bits per heavy atom. The summed E-state index contributed by atoms with van der Waals surface area (Å²) >= 11 is 1.49. The molecule has 0 saturated carbocycles. The van der Waals surface area contributed by atoms with E-state index in [-0.39, 0.29) is 12.5 Å². The molecule has 31 heavy (non-hydrogen) atoms. The number of hydrogen-bond donors (Lipinski definition) is 0. The normalized spacial score (nSPS) is 12.0. The molecule has 5 nitrogen and oxygen atoms in total. The van der Waals surface area contributed by atoms with E-state index in [0.717, 1.165) is 22.0 Å². The maximum absolute atomic E-state index is 13.2. The van der Waals surface area contributed by atoms with Gasteiger partial charge in [0.2, 0.25) is 10.0 Å². The van der Waals surface area contributed by atoms with Crippen LogP contribution in [0.4, 0.5) is 0 Å². The zero-order valence-corrected chi connectivity index (χ0v) is 20.4. The van der Waals surface area contributed by atoms with Gasteiger partial charge < -0.3 is 4.74 Å². The lowest BCUT2D eigenvalue weighted by Gasteiger charge is -2.23. The molecule has 166 valence electrons. The van der Waals surface area contributed by atoms with Crippen molar-refractivity contribution in [2.75, 3.05) is 6.54 Å². The second-order valence-electron chi connectivity index (χ2n) is 8.27. The molecule has 1 aromatic heterocycles. The molecule has 7 heteroatoms. The average Bonchev–Trinajstić information content (AvgIpc) is 3.16. The fourth-order valence-electron chi connectivity index (χ4n) is 3.13. The van der Waals surface area contributed by atoms with Crippen LogP contribution in [0.3, 0.4) is 0 Å². The Hall–Kier alpha value is -2.22. The van der Waals surface area contributed by atoms with E-state index >= 15 is 0 Å². The number of nitrogens with zero attached hydrogens (tertiary/aromatic N) is 2. The van der Waals surface area contributed by atoms with Crippen molar-refractivity contribution in [3.8, 4) is 5.75 Å². The summed E-state index contributed by atoms with van der Waals surface area (Å²) in [7, 11) is -3.60. The van der Waals surface area contributed by atoms with E-state index in [1.165, 1.54) is 26.8 Å². The van der Waals surface area contributed by atoms with Gasteiger partial charge in [-0.2, -0.15) is 4.31 Å². The van der Waals surface area contributed by atoms with Crippen LogP contribution in [0.5, 0.6) is 5.75 Å². The van der Waals surface area contributed by atoms with E-state index < -0.39 is 10.0 Å². The van der Waals surface area contributed by atoms with Crippen molar-refractivity contribution in [2.45, 2.75) is 52.7 Å². The second kappa shape index (κ2) is 9.94. The number of ether oxygens (including phenoxy) is 1. The lowest BCUT2D eigenvalue weighted by molar-refractivity contribution is 0.304. The minimum absolute atomic E-state index is 0.200. The number of aromatic nitrogens is 1. The number of sulfonamides is 1. The van der Waals surface area contributed by atoms with E-state index in [0.29, 0.717) is 18.0 Å². The van der Waals surface area contributed by atoms with Crippen molar-refractivity contribution in [3.05, 3.63) is 75.2 Å². The third kappa shape index (κ3) is 6.15. The summed E-state index contributed by atoms with van der Waals surface area (Å²) in [4.78, 5) is 4.93. The van der Waals surface area contributed by atoms with Crippen LogP contribution in [0.25, 0.3) is 0 Å². The van der Waals surface area contributed by atoms with Crippen molar-refractivity contribution in [3.63, 3.8) is 0 Å². The van der Waals surface area contributed by atoms with Gasteiger partial charge in [-0.25, -0.2) is 13.4 Å². The van der Waals surface area contributed by atoms with Crippen LogP contribution in [0, 0.1) is 26.7 Å². The minimum atomic E-state index is -3.60. The summed E-state index contributed by atoms with van der Waals surface area (Å²) in [6.45, 7) is 11.1. The van der Waals surface area contributed by atoms with Crippen LogP contribution in [-0.4, -0.2) is 24.3 Å². The zero-order valence-electron chi connectivity index (χ0n) is 18.8. The van der Waals surface area contributed by atoms with Crippen molar-refractivity contribution < 1.29 is 13.2 Å². The maximum atomic E-state index is 13.2. The lowest BCUT2D eigenvalue weighted by atomic mass is 10.1. The molecule has 0 spiro atoms. The molecule has 0 aliphatic heterocycles. The van der Waals surface area contributed by atoms with Crippen LogP contribution in [0.15, 0.2) is 52.7 Å². The van der Waals surface area contributed by atoms with E-state index in [2.05, 4.69) is 18.8 Å². The van der Waals surface area contributed by atoms with Crippen molar-refractivity contribution >= 4 is 21.4 Å². The molecule has 0 atom stereocenters. The summed E-state index contributed by atoms with van der Waals surface area (Å²) in [5.41, 5.74) is 4.18. The fourth-order valence-corrected chi connectivity index (χ4v) is 5.40. The van der Waals surface area contributed by atoms with E-state index in [4.69, 9.17) is 4.74 Å². The maximum Gasteiger partial charge on any atom is 0.243 e. The van der Waals surface area contributed by atoms with Crippen LogP contribution in [0.1, 0.15) is 41.2 Å². The first kappa shape index (κ1) is 23.4. The Bertz CT molecular complexity index is 1120. The molecule has 0 fully saturated rings. The first-order chi connectivity index (χ1) is 14.6. The predicted molar refractivity (Wildman–Crippen MR) is 126 cm³/mol. The number of rotatable bonds is 9. The quantitative estimate of drug-likeness (QED) is 0.425. The molecule has 0 radical (unpaired) electrons. The SMILES string of the molecule is Cc1ccc(S(=O)(=O)N(Cc2csc(COc3ccc(C)c(C)c3)n2)CC(C)C)cc1. The van der Waals surface area contributed by atoms with Gasteiger partial charge in [0.05, 0.1) is 17.1 Å². The smallest absolute Gasteiger partial charge is 0.243 e. The molecule has 0 amide bonds. The summed E-state index contributed by atoms with van der Waals surface area (Å²) in [6, 6.07) is 13.0. The molecule has 0 unspecified atom stereocenters. The van der Waals surface area contributed by atoms with Gasteiger partial charge in [-0.1, -0.05) is 37.6 Å². The number of hydrogen-bond acceptors (Lipinski definition) is 5. The topological polar surface area (TPSA) is 59.5 Å². The molecule has 0 bridgehead atoms. The average molecular weight is 459 g/mol. The molecule has 1 heterocycles. The predicted octanol–water partition coefficient (Wildman–Crippen LogP) is 5.49. The van der Waals surface area contributed by atoms with E-state index in [9.17, 15) is 8.42 Å². The fraction of sp³-hybridized carbons (Fsp3) is 0.375. The van der Waals surface area contributed by atoms with Gasteiger partial charge in [0.15, 0.2) is 0 Å². The lowest BCUT2D eigenvalue weighted by Crippen LogP contribution is -2.34. The van der Waals surface area contributed by atoms with Crippen LogP contribution in [0.2, 0.25) is 0 Å². The van der Waals surface area contributed by atoms with Crippen LogP contribution < -0.4 is 4.74 Å². The molecular formula is C24H30N2O3S2. The molecule has 0 N–H and O–H groups in total. The highest BCUT2D eigenvalue weighted by molar-refractivity contribution is 7.89. The van der Waals surface area contributed by atoms with Crippen LogP contribution >= 0.6 is 11.3 Å². The summed E-state index contributed by atoms with van der Waals surface area (Å²) in [5.74, 6) is 1.01. The largest absolute Gasteiger partial charge is 0.486 e.